The van der Waals surface area contributed by atoms with Crippen molar-refractivity contribution in [3.05, 3.63) is 30.1 Å². The number of alkyl halides is 3. The fourth-order valence-corrected chi connectivity index (χ4v) is 0.684. The minimum atomic E-state index is -5.18. The van der Waals surface area contributed by atoms with Crippen LogP contribution >= 0.6 is 0 Å². The monoisotopic (exact) mass is 219 g/mol. The molecule has 0 aliphatic carbocycles. The lowest BCUT2D eigenvalue weighted by molar-refractivity contribution is -0.193. The van der Waals surface area contributed by atoms with Gasteiger partial charge in [0.05, 0.1) is 5.56 Å². The summed E-state index contributed by atoms with van der Waals surface area (Å²) in [6.45, 7) is 0. The smallest absolute Gasteiger partial charge is 0.383 e. The standard InChI is InChI=1S/C8H4F3NO3/c9-8(10,11)7(14)15-6(13)5-2-1-3-12-4-5/h1-4H. The van der Waals surface area contributed by atoms with E-state index < -0.39 is 18.1 Å². The second-order valence-electron chi connectivity index (χ2n) is 2.42. The van der Waals surface area contributed by atoms with Crippen molar-refractivity contribution in [1.82, 2.24) is 4.98 Å². The summed E-state index contributed by atoms with van der Waals surface area (Å²) in [7, 11) is 0. The molecule has 4 nitrogen and oxygen atoms in total. The zero-order valence-electron chi connectivity index (χ0n) is 7.12. The lowest BCUT2D eigenvalue weighted by Crippen LogP contribution is -2.28. The van der Waals surface area contributed by atoms with Gasteiger partial charge >= 0.3 is 18.1 Å². The predicted molar refractivity (Wildman–Crippen MR) is 40.7 cm³/mol. The van der Waals surface area contributed by atoms with E-state index in [1.807, 2.05) is 0 Å². The molecule has 0 saturated carbocycles. The minimum Gasteiger partial charge on any atom is -0.383 e. The molecular weight excluding hydrogens is 215 g/mol. The molecule has 0 spiro atoms. The second-order valence-corrected chi connectivity index (χ2v) is 2.42. The molecule has 15 heavy (non-hydrogen) atoms. The maximum Gasteiger partial charge on any atom is 0.491 e. The van der Waals surface area contributed by atoms with Gasteiger partial charge in [-0.2, -0.15) is 13.2 Å². The Labute approximate surface area is 81.7 Å². The van der Waals surface area contributed by atoms with Crippen molar-refractivity contribution in [2.75, 3.05) is 0 Å². The lowest BCUT2D eigenvalue weighted by atomic mass is 10.3. The summed E-state index contributed by atoms with van der Waals surface area (Å²) in [5.74, 6) is -3.93. The van der Waals surface area contributed by atoms with Gasteiger partial charge in [0.1, 0.15) is 0 Å². The van der Waals surface area contributed by atoms with Gasteiger partial charge in [0, 0.05) is 12.4 Å². The van der Waals surface area contributed by atoms with Gasteiger partial charge in [0.15, 0.2) is 0 Å². The van der Waals surface area contributed by atoms with Crippen LogP contribution in [0.15, 0.2) is 24.5 Å². The molecule has 1 rings (SSSR count). The first-order valence-electron chi connectivity index (χ1n) is 3.64. The van der Waals surface area contributed by atoms with Crippen LogP contribution < -0.4 is 0 Å². The fraction of sp³-hybridized carbons (Fsp3) is 0.125. The summed E-state index contributed by atoms with van der Waals surface area (Å²) in [6.07, 6.45) is -2.87. The summed E-state index contributed by atoms with van der Waals surface area (Å²) in [5.41, 5.74) is -0.227. The third-order valence-electron chi connectivity index (χ3n) is 1.31. The van der Waals surface area contributed by atoms with Crippen molar-refractivity contribution in [2.24, 2.45) is 0 Å². The maximum absolute atomic E-state index is 11.7. The van der Waals surface area contributed by atoms with Crippen LogP contribution in [0.25, 0.3) is 0 Å². The number of carbonyl (C=O) groups is 2. The van der Waals surface area contributed by atoms with Crippen LogP contribution in [-0.2, 0) is 9.53 Å². The van der Waals surface area contributed by atoms with Crippen molar-refractivity contribution < 1.29 is 27.5 Å². The molecule has 0 bridgehead atoms. The number of aromatic nitrogens is 1. The van der Waals surface area contributed by atoms with Gasteiger partial charge in [-0.1, -0.05) is 0 Å². The molecule has 0 N–H and O–H groups in total. The van der Waals surface area contributed by atoms with E-state index in [0.29, 0.717) is 0 Å². The average molecular weight is 219 g/mol. The first kappa shape index (κ1) is 11.2. The van der Waals surface area contributed by atoms with Crippen LogP contribution in [0.5, 0.6) is 0 Å². The van der Waals surface area contributed by atoms with Crippen molar-refractivity contribution in [2.45, 2.75) is 6.18 Å². The van der Waals surface area contributed by atoms with E-state index in [2.05, 4.69) is 9.72 Å². The number of halogens is 3. The van der Waals surface area contributed by atoms with Crippen LogP contribution in [0.2, 0.25) is 0 Å². The largest absolute Gasteiger partial charge is 0.491 e. The Morgan fingerprint density at radius 2 is 2.00 bits per heavy atom. The van der Waals surface area contributed by atoms with Gasteiger partial charge in [0.25, 0.3) is 0 Å². The zero-order valence-corrected chi connectivity index (χ0v) is 7.12. The van der Waals surface area contributed by atoms with Crippen molar-refractivity contribution >= 4 is 11.9 Å². The van der Waals surface area contributed by atoms with Gasteiger partial charge in [0.2, 0.25) is 0 Å². The Balaban J connectivity index is 2.70. The van der Waals surface area contributed by atoms with Crippen molar-refractivity contribution in [3.8, 4) is 0 Å². The molecule has 0 atom stereocenters. The molecule has 0 fully saturated rings. The van der Waals surface area contributed by atoms with Crippen LogP contribution in [0.1, 0.15) is 10.4 Å². The van der Waals surface area contributed by atoms with Crippen LogP contribution in [0.4, 0.5) is 13.2 Å². The van der Waals surface area contributed by atoms with E-state index in [4.69, 9.17) is 0 Å². The van der Waals surface area contributed by atoms with Gasteiger partial charge in [-0.05, 0) is 12.1 Å². The molecule has 0 unspecified atom stereocenters. The number of hydrogen-bond acceptors (Lipinski definition) is 4. The lowest BCUT2D eigenvalue weighted by Gasteiger charge is -2.04. The highest BCUT2D eigenvalue weighted by atomic mass is 19.4. The first-order chi connectivity index (χ1) is 6.91. The highest BCUT2D eigenvalue weighted by molar-refractivity contribution is 5.97. The van der Waals surface area contributed by atoms with E-state index in [9.17, 15) is 22.8 Å². The van der Waals surface area contributed by atoms with E-state index in [-0.39, 0.29) is 5.56 Å². The van der Waals surface area contributed by atoms with Gasteiger partial charge in [-0.15, -0.1) is 0 Å². The van der Waals surface area contributed by atoms with Crippen LogP contribution in [-0.4, -0.2) is 23.1 Å². The number of carbonyl (C=O) groups excluding carboxylic acids is 2. The molecular formula is C8H4F3NO3. The highest BCUT2D eigenvalue weighted by Crippen LogP contribution is 2.17. The molecule has 7 heteroatoms. The summed E-state index contributed by atoms with van der Waals surface area (Å²) in [5, 5.41) is 0. The molecule has 0 amide bonds. The maximum atomic E-state index is 11.7. The molecule has 1 aromatic heterocycles. The number of ether oxygens (including phenoxy) is 1. The van der Waals surface area contributed by atoms with Crippen molar-refractivity contribution in [1.29, 1.82) is 0 Å². The quantitative estimate of drug-likeness (QED) is 0.528. The predicted octanol–water partition coefficient (Wildman–Crippen LogP) is 1.33. The summed E-state index contributed by atoms with van der Waals surface area (Å²) < 4.78 is 38.6. The summed E-state index contributed by atoms with van der Waals surface area (Å²) in [6, 6.07) is 2.51. The number of nitrogens with zero attached hydrogens (tertiary/aromatic N) is 1. The zero-order chi connectivity index (χ0) is 11.5. The highest BCUT2D eigenvalue weighted by Gasteiger charge is 2.42. The van der Waals surface area contributed by atoms with E-state index in [1.54, 1.807) is 0 Å². The van der Waals surface area contributed by atoms with E-state index in [0.717, 1.165) is 6.20 Å². The Morgan fingerprint density at radius 1 is 1.33 bits per heavy atom. The van der Waals surface area contributed by atoms with Crippen molar-refractivity contribution in [3.63, 3.8) is 0 Å². The SMILES string of the molecule is O=C(OC(=O)C(F)(F)F)c1cccnc1. The molecule has 80 valence electrons. The van der Waals surface area contributed by atoms with E-state index in [1.165, 1.54) is 18.3 Å². The average Bonchev–Trinajstić information content (AvgIpc) is 2.17. The molecule has 0 aliphatic rings. The number of hydrogen-bond donors (Lipinski definition) is 0. The van der Waals surface area contributed by atoms with Crippen LogP contribution in [0, 0.1) is 0 Å². The Hall–Kier alpha value is -1.92. The first-order valence-corrected chi connectivity index (χ1v) is 3.64. The van der Waals surface area contributed by atoms with E-state index >= 15 is 0 Å². The fourth-order valence-electron chi connectivity index (χ4n) is 0.684. The number of rotatable bonds is 1. The number of esters is 2. The van der Waals surface area contributed by atoms with Gasteiger partial charge < -0.3 is 4.74 Å². The third-order valence-corrected chi connectivity index (χ3v) is 1.31. The topological polar surface area (TPSA) is 56.3 Å². The molecule has 0 saturated heterocycles. The molecule has 0 radical (unpaired) electrons. The minimum absolute atomic E-state index is 0.227. The van der Waals surface area contributed by atoms with Gasteiger partial charge in [-0.3, -0.25) is 4.98 Å². The number of pyridine rings is 1. The Bertz CT molecular complexity index is 374. The Morgan fingerprint density at radius 3 is 2.47 bits per heavy atom. The summed E-state index contributed by atoms with van der Waals surface area (Å²) >= 11 is 0. The summed E-state index contributed by atoms with van der Waals surface area (Å²) in [4.78, 5) is 24.7. The Kier molecular flexibility index (Phi) is 3.03. The second kappa shape index (κ2) is 4.07. The normalized spacial score (nSPS) is 10.9. The van der Waals surface area contributed by atoms with Gasteiger partial charge in [-0.25, -0.2) is 9.59 Å². The molecule has 0 aromatic carbocycles. The molecule has 1 heterocycles. The molecule has 0 aliphatic heterocycles. The third kappa shape index (κ3) is 3.04. The molecule has 1 aromatic rings. The van der Waals surface area contributed by atoms with Crippen LogP contribution in [0.3, 0.4) is 0 Å².